The van der Waals surface area contributed by atoms with Crippen LogP contribution in [0.2, 0.25) is 0 Å². The van der Waals surface area contributed by atoms with E-state index in [0.29, 0.717) is 18.0 Å². The Balaban J connectivity index is 2.00. The molecule has 0 unspecified atom stereocenters. The number of pyridine rings is 1. The lowest BCUT2D eigenvalue weighted by Gasteiger charge is -2.42. The third kappa shape index (κ3) is 2.62. The SMILES string of the molecule is CC(C)N1CC2(CCN(C)CC2)Oc2ncccc2C1=O. The highest BCUT2D eigenvalue weighted by Gasteiger charge is 2.43. The molecule has 3 heterocycles. The van der Waals surface area contributed by atoms with E-state index in [2.05, 4.69) is 30.8 Å². The van der Waals surface area contributed by atoms with Crippen LogP contribution in [0.4, 0.5) is 0 Å². The molecular weight excluding hydrogens is 266 g/mol. The summed E-state index contributed by atoms with van der Waals surface area (Å²) in [6, 6.07) is 3.77. The molecule has 1 aromatic heterocycles. The van der Waals surface area contributed by atoms with Gasteiger partial charge in [0.1, 0.15) is 11.2 Å². The van der Waals surface area contributed by atoms with Crippen LogP contribution in [0.1, 0.15) is 37.0 Å². The summed E-state index contributed by atoms with van der Waals surface area (Å²) in [6.45, 7) is 6.74. The van der Waals surface area contributed by atoms with Gasteiger partial charge in [0, 0.05) is 38.2 Å². The van der Waals surface area contributed by atoms with Crippen LogP contribution in [-0.4, -0.2) is 59.0 Å². The molecule has 2 aliphatic rings. The molecule has 5 heteroatoms. The Morgan fingerprint density at radius 1 is 1.33 bits per heavy atom. The van der Waals surface area contributed by atoms with Gasteiger partial charge in [0.15, 0.2) is 0 Å². The van der Waals surface area contributed by atoms with Crippen LogP contribution >= 0.6 is 0 Å². The number of carbonyl (C=O) groups is 1. The van der Waals surface area contributed by atoms with Crippen molar-refractivity contribution in [3.8, 4) is 5.88 Å². The van der Waals surface area contributed by atoms with Crippen molar-refractivity contribution in [2.45, 2.75) is 38.3 Å². The summed E-state index contributed by atoms with van der Waals surface area (Å²) in [4.78, 5) is 21.3. The second-order valence-electron chi connectivity index (χ2n) is 6.47. The predicted octanol–water partition coefficient (Wildman–Crippen LogP) is 1.79. The number of ether oxygens (including phenoxy) is 1. The molecule has 1 amide bonds. The minimum absolute atomic E-state index is 0.0314. The summed E-state index contributed by atoms with van der Waals surface area (Å²) in [5.41, 5.74) is 0.286. The van der Waals surface area contributed by atoms with E-state index in [1.807, 2.05) is 11.0 Å². The predicted molar refractivity (Wildman–Crippen MR) is 80.5 cm³/mol. The van der Waals surface area contributed by atoms with Gasteiger partial charge in [0.25, 0.3) is 5.91 Å². The smallest absolute Gasteiger partial charge is 0.259 e. The Kier molecular flexibility index (Phi) is 3.61. The molecule has 0 atom stereocenters. The van der Waals surface area contributed by atoms with E-state index in [1.54, 1.807) is 12.3 Å². The maximum absolute atomic E-state index is 12.8. The average molecular weight is 289 g/mol. The monoisotopic (exact) mass is 289 g/mol. The van der Waals surface area contributed by atoms with Crippen molar-refractivity contribution in [1.82, 2.24) is 14.8 Å². The standard InChI is InChI=1S/C16H23N3O2/c1-12(2)19-11-16(6-9-18(3)10-7-16)21-14-13(15(19)20)5-4-8-17-14/h4-5,8,12H,6-7,9-11H2,1-3H3. The van der Waals surface area contributed by atoms with E-state index >= 15 is 0 Å². The van der Waals surface area contributed by atoms with E-state index in [0.717, 1.165) is 25.9 Å². The summed E-state index contributed by atoms with van der Waals surface area (Å²) in [6.07, 6.45) is 3.55. The molecule has 5 nitrogen and oxygen atoms in total. The van der Waals surface area contributed by atoms with Gasteiger partial charge in [-0.05, 0) is 33.0 Å². The minimum Gasteiger partial charge on any atom is -0.468 e. The van der Waals surface area contributed by atoms with Crippen LogP contribution in [-0.2, 0) is 0 Å². The molecule has 114 valence electrons. The summed E-state index contributed by atoms with van der Waals surface area (Å²) in [5, 5.41) is 0. The minimum atomic E-state index is -0.300. The lowest BCUT2D eigenvalue weighted by atomic mass is 9.90. The molecule has 0 N–H and O–H groups in total. The number of amides is 1. The van der Waals surface area contributed by atoms with Gasteiger partial charge >= 0.3 is 0 Å². The van der Waals surface area contributed by atoms with Crippen LogP contribution in [0.3, 0.4) is 0 Å². The summed E-state index contributed by atoms with van der Waals surface area (Å²) < 4.78 is 6.28. The van der Waals surface area contributed by atoms with Gasteiger partial charge < -0.3 is 14.5 Å². The fourth-order valence-electron chi connectivity index (χ4n) is 3.11. The molecule has 0 bridgehead atoms. The van der Waals surface area contributed by atoms with E-state index in [9.17, 15) is 4.79 Å². The average Bonchev–Trinajstić information content (AvgIpc) is 2.59. The number of hydrogen-bond acceptors (Lipinski definition) is 4. The molecule has 21 heavy (non-hydrogen) atoms. The Morgan fingerprint density at radius 2 is 2.05 bits per heavy atom. The number of nitrogens with zero attached hydrogens (tertiary/aromatic N) is 3. The van der Waals surface area contributed by atoms with Crippen molar-refractivity contribution in [3.63, 3.8) is 0 Å². The Hall–Kier alpha value is -1.62. The van der Waals surface area contributed by atoms with Gasteiger partial charge in [-0.1, -0.05) is 0 Å². The maximum Gasteiger partial charge on any atom is 0.259 e. The number of likely N-dealkylation sites (tertiary alicyclic amines) is 1. The van der Waals surface area contributed by atoms with Crippen molar-refractivity contribution in [3.05, 3.63) is 23.9 Å². The number of hydrogen-bond donors (Lipinski definition) is 0. The quantitative estimate of drug-likeness (QED) is 0.791. The largest absolute Gasteiger partial charge is 0.468 e. The zero-order valence-corrected chi connectivity index (χ0v) is 13.0. The molecule has 0 radical (unpaired) electrons. The first-order valence-electron chi connectivity index (χ1n) is 7.64. The van der Waals surface area contributed by atoms with Gasteiger partial charge in [-0.2, -0.15) is 0 Å². The van der Waals surface area contributed by atoms with Gasteiger partial charge in [0.05, 0.1) is 6.54 Å². The summed E-state index contributed by atoms with van der Waals surface area (Å²) >= 11 is 0. The van der Waals surface area contributed by atoms with Crippen LogP contribution in [0, 0.1) is 0 Å². The van der Waals surface area contributed by atoms with Crippen molar-refractivity contribution in [2.75, 3.05) is 26.7 Å². The molecular formula is C16H23N3O2. The Labute approximate surface area is 125 Å². The number of rotatable bonds is 1. The van der Waals surface area contributed by atoms with Crippen LogP contribution in [0.15, 0.2) is 18.3 Å². The molecule has 3 rings (SSSR count). The lowest BCUT2D eigenvalue weighted by molar-refractivity contribution is -0.0174. The molecule has 1 fully saturated rings. The van der Waals surface area contributed by atoms with Crippen molar-refractivity contribution >= 4 is 5.91 Å². The fraction of sp³-hybridized carbons (Fsp3) is 0.625. The Morgan fingerprint density at radius 3 is 2.71 bits per heavy atom. The normalized spacial score (nSPS) is 22.1. The van der Waals surface area contributed by atoms with E-state index < -0.39 is 0 Å². The van der Waals surface area contributed by atoms with Crippen molar-refractivity contribution in [2.24, 2.45) is 0 Å². The van der Waals surface area contributed by atoms with Crippen molar-refractivity contribution < 1.29 is 9.53 Å². The van der Waals surface area contributed by atoms with Gasteiger partial charge in [0.2, 0.25) is 5.88 Å². The molecule has 0 aliphatic carbocycles. The first kappa shape index (κ1) is 14.3. The lowest BCUT2D eigenvalue weighted by Crippen LogP contribution is -2.54. The number of piperidine rings is 1. The van der Waals surface area contributed by atoms with Crippen LogP contribution in [0.5, 0.6) is 5.88 Å². The van der Waals surface area contributed by atoms with E-state index in [1.165, 1.54) is 0 Å². The van der Waals surface area contributed by atoms with Gasteiger partial charge in [-0.15, -0.1) is 0 Å². The zero-order chi connectivity index (χ0) is 15.0. The highest BCUT2D eigenvalue weighted by Crippen LogP contribution is 2.34. The van der Waals surface area contributed by atoms with Gasteiger partial charge in [-0.25, -0.2) is 4.98 Å². The first-order valence-corrected chi connectivity index (χ1v) is 7.64. The summed E-state index contributed by atoms with van der Waals surface area (Å²) in [5.74, 6) is 0.527. The third-order valence-corrected chi connectivity index (χ3v) is 4.56. The third-order valence-electron chi connectivity index (χ3n) is 4.56. The molecule has 0 saturated carbocycles. The summed E-state index contributed by atoms with van der Waals surface area (Å²) in [7, 11) is 2.13. The van der Waals surface area contributed by atoms with Crippen molar-refractivity contribution in [1.29, 1.82) is 0 Å². The molecule has 1 saturated heterocycles. The number of fused-ring (bicyclic) bond motifs is 1. The highest BCUT2D eigenvalue weighted by atomic mass is 16.5. The Bertz CT molecular complexity index is 536. The number of carbonyl (C=O) groups excluding carboxylic acids is 1. The first-order chi connectivity index (χ1) is 10.0. The second-order valence-corrected chi connectivity index (χ2v) is 6.47. The molecule has 1 spiro atoms. The topological polar surface area (TPSA) is 45.7 Å². The van der Waals surface area contributed by atoms with E-state index in [4.69, 9.17) is 4.74 Å². The van der Waals surface area contributed by atoms with E-state index in [-0.39, 0.29) is 17.6 Å². The fourth-order valence-corrected chi connectivity index (χ4v) is 3.11. The second kappa shape index (κ2) is 5.30. The van der Waals surface area contributed by atoms with Crippen LogP contribution < -0.4 is 4.74 Å². The number of aromatic nitrogens is 1. The molecule has 0 aromatic carbocycles. The molecule has 2 aliphatic heterocycles. The molecule has 1 aromatic rings. The maximum atomic E-state index is 12.8. The highest BCUT2D eigenvalue weighted by molar-refractivity contribution is 5.97. The van der Waals surface area contributed by atoms with Gasteiger partial charge in [-0.3, -0.25) is 4.79 Å². The zero-order valence-electron chi connectivity index (χ0n) is 13.0. The van der Waals surface area contributed by atoms with Crippen LogP contribution in [0.25, 0.3) is 0 Å².